The van der Waals surface area contributed by atoms with Crippen LogP contribution in [0.2, 0.25) is 0 Å². The highest BCUT2D eigenvalue weighted by Gasteiger charge is 2.28. The van der Waals surface area contributed by atoms with E-state index in [1.165, 1.54) is 44.3 Å². The Balaban J connectivity index is 1.35. The summed E-state index contributed by atoms with van der Waals surface area (Å²) in [5.74, 6) is 5.02. The third-order valence-electron chi connectivity index (χ3n) is 5.60. The second kappa shape index (κ2) is 6.82. The molecule has 0 aliphatic heterocycles. The molecule has 1 atom stereocenters. The monoisotopic (exact) mass is 345 g/mol. The molecule has 0 spiro atoms. The molecule has 5 nitrogen and oxygen atoms in total. The molecule has 2 heterocycles. The highest BCUT2D eigenvalue weighted by atomic mass is 32.2. The van der Waals surface area contributed by atoms with Crippen molar-refractivity contribution in [2.45, 2.75) is 44.6 Å². The SMILES string of the molecule is CN(c1ncnc2[nH]ccc12)[C@H]1CC[C@H](C[S@](=N)CC2CC2)CC1. The molecule has 0 aromatic carbocycles. The van der Waals surface area contributed by atoms with Crippen LogP contribution >= 0.6 is 0 Å². The first-order valence-electron chi connectivity index (χ1n) is 9.10. The third-order valence-corrected chi connectivity index (χ3v) is 7.35. The highest BCUT2D eigenvalue weighted by Crippen LogP contribution is 2.33. The van der Waals surface area contributed by atoms with Gasteiger partial charge in [0.1, 0.15) is 17.8 Å². The number of hydrogen-bond donors (Lipinski definition) is 2. The average molecular weight is 346 g/mol. The maximum Gasteiger partial charge on any atom is 0.142 e. The van der Waals surface area contributed by atoms with Gasteiger partial charge in [0.2, 0.25) is 0 Å². The summed E-state index contributed by atoms with van der Waals surface area (Å²) in [5, 5.41) is 1.11. The van der Waals surface area contributed by atoms with Crippen LogP contribution in [0.3, 0.4) is 0 Å². The summed E-state index contributed by atoms with van der Waals surface area (Å²) in [6, 6.07) is 2.63. The molecule has 4 rings (SSSR count). The molecule has 2 aromatic heterocycles. The van der Waals surface area contributed by atoms with Gasteiger partial charge in [0.05, 0.1) is 5.39 Å². The molecular weight excluding hydrogens is 318 g/mol. The molecule has 2 saturated carbocycles. The van der Waals surface area contributed by atoms with Gasteiger partial charge in [0.15, 0.2) is 0 Å². The molecule has 0 bridgehead atoms. The van der Waals surface area contributed by atoms with Crippen LogP contribution in [0.1, 0.15) is 38.5 Å². The van der Waals surface area contributed by atoms with Gasteiger partial charge in [-0.2, -0.15) is 0 Å². The Bertz CT molecular complexity index is 715. The molecule has 2 N–H and O–H groups in total. The standard InChI is InChI=1S/C18H27N5S/c1-23(18-16-8-9-20-17(16)21-12-22-18)15-6-4-14(5-7-15)11-24(19)10-13-2-3-13/h8-9,12-15,19H,2-7,10-11H2,1H3,(H,20,21,22)/t14-,15-,24-/m1/s1. The van der Waals surface area contributed by atoms with Crippen molar-refractivity contribution in [3.05, 3.63) is 18.6 Å². The van der Waals surface area contributed by atoms with E-state index in [4.69, 9.17) is 4.78 Å². The van der Waals surface area contributed by atoms with Gasteiger partial charge in [-0.25, -0.2) is 9.97 Å². The van der Waals surface area contributed by atoms with E-state index in [1.807, 2.05) is 6.20 Å². The van der Waals surface area contributed by atoms with Gasteiger partial charge in [-0.15, -0.1) is 10.7 Å². The Morgan fingerprint density at radius 1 is 1.12 bits per heavy atom. The van der Waals surface area contributed by atoms with E-state index < -0.39 is 0 Å². The van der Waals surface area contributed by atoms with Crippen LogP contribution in [-0.4, -0.2) is 39.5 Å². The first-order valence-corrected chi connectivity index (χ1v) is 10.7. The van der Waals surface area contributed by atoms with Gasteiger partial charge < -0.3 is 9.88 Å². The Labute approximate surface area is 146 Å². The minimum atomic E-state index is -0.0946. The molecule has 0 unspecified atom stereocenters. The summed E-state index contributed by atoms with van der Waals surface area (Å²) in [5.41, 5.74) is 0.916. The molecule has 2 fully saturated rings. The van der Waals surface area contributed by atoms with Crippen LogP contribution in [-0.2, 0) is 10.7 Å². The number of fused-ring (bicyclic) bond motifs is 1. The van der Waals surface area contributed by atoms with Gasteiger partial charge in [-0.05, 0) is 56.4 Å². The van der Waals surface area contributed by atoms with Crippen molar-refractivity contribution in [2.75, 3.05) is 23.5 Å². The summed E-state index contributed by atoms with van der Waals surface area (Å²) in [6.45, 7) is 0. The fourth-order valence-electron chi connectivity index (χ4n) is 3.93. The molecule has 6 heteroatoms. The van der Waals surface area contributed by atoms with Crippen LogP contribution in [0.4, 0.5) is 5.82 Å². The summed E-state index contributed by atoms with van der Waals surface area (Å²) in [6.07, 6.45) is 11.3. The summed E-state index contributed by atoms with van der Waals surface area (Å²) < 4.78 is 8.32. The third kappa shape index (κ3) is 3.48. The normalized spacial score (nSPS) is 25.7. The molecule has 2 aromatic rings. The Kier molecular flexibility index (Phi) is 4.57. The van der Waals surface area contributed by atoms with Crippen molar-refractivity contribution in [3.8, 4) is 0 Å². The number of nitrogens with one attached hydrogen (secondary N) is 2. The average Bonchev–Trinajstić information content (AvgIpc) is 3.26. The predicted molar refractivity (Wildman–Crippen MR) is 101 cm³/mol. The smallest absolute Gasteiger partial charge is 0.142 e. The van der Waals surface area contributed by atoms with Gasteiger partial charge in [0, 0.05) is 30.8 Å². The lowest BCUT2D eigenvalue weighted by molar-refractivity contribution is 0.344. The lowest BCUT2D eigenvalue weighted by Crippen LogP contribution is -2.36. The number of nitrogens with zero attached hydrogens (tertiary/aromatic N) is 3. The van der Waals surface area contributed by atoms with Gasteiger partial charge >= 0.3 is 0 Å². The van der Waals surface area contributed by atoms with Crippen LogP contribution in [0.5, 0.6) is 0 Å². The van der Waals surface area contributed by atoms with Crippen LogP contribution in [0, 0.1) is 16.6 Å². The minimum Gasteiger partial charge on any atom is -0.356 e. The van der Waals surface area contributed by atoms with E-state index in [1.54, 1.807) is 6.33 Å². The fraction of sp³-hybridized carbons (Fsp3) is 0.667. The zero-order valence-corrected chi connectivity index (χ0v) is 15.2. The van der Waals surface area contributed by atoms with Crippen molar-refractivity contribution in [1.29, 1.82) is 4.78 Å². The lowest BCUT2D eigenvalue weighted by Gasteiger charge is -2.35. The van der Waals surface area contributed by atoms with Crippen molar-refractivity contribution in [3.63, 3.8) is 0 Å². The number of aromatic nitrogens is 3. The molecule has 130 valence electrons. The topological polar surface area (TPSA) is 68.7 Å². The predicted octanol–water partition coefficient (Wildman–Crippen LogP) is 3.74. The maximum atomic E-state index is 8.32. The zero-order valence-electron chi connectivity index (χ0n) is 14.4. The molecule has 0 radical (unpaired) electrons. The molecule has 2 aliphatic carbocycles. The van der Waals surface area contributed by atoms with E-state index in [9.17, 15) is 0 Å². The number of aromatic amines is 1. The van der Waals surface area contributed by atoms with Crippen molar-refractivity contribution in [2.24, 2.45) is 11.8 Å². The van der Waals surface area contributed by atoms with E-state index >= 15 is 0 Å². The zero-order chi connectivity index (χ0) is 16.5. The summed E-state index contributed by atoms with van der Waals surface area (Å²) >= 11 is 0. The molecule has 24 heavy (non-hydrogen) atoms. The quantitative estimate of drug-likeness (QED) is 0.838. The van der Waals surface area contributed by atoms with Gasteiger partial charge in [-0.3, -0.25) is 4.78 Å². The van der Waals surface area contributed by atoms with Crippen LogP contribution in [0.15, 0.2) is 18.6 Å². The number of hydrogen-bond acceptors (Lipinski definition) is 4. The molecule has 0 saturated heterocycles. The largest absolute Gasteiger partial charge is 0.356 e. The first kappa shape index (κ1) is 16.1. The van der Waals surface area contributed by atoms with Crippen molar-refractivity contribution in [1.82, 2.24) is 15.0 Å². The minimum absolute atomic E-state index is 0.0946. The van der Waals surface area contributed by atoms with Gasteiger partial charge in [0.25, 0.3) is 0 Å². The highest BCUT2D eigenvalue weighted by molar-refractivity contribution is 7.86. The summed E-state index contributed by atoms with van der Waals surface area (Å²) in [4.78, 5) is 14.3. The van der Waals surface area contributed by atoms with E-state index in [-0.39, 0.29) is 10.7 Å². The lowest BCUT2D eigenvalue weighted by atomic mass is 9.86. The van der Waals surface area contributed by atoms with Crippen LogP contribution in [0.25, 0.3) is 11.0 Å². The fourth-order valence-corrected chi connectivity index (χ4v) is 5.87. The van der Waals surface area contributed by atoms with E-state index in [0.717, 1.165) is 34.4 Å². The van der Waals surface area contributed by atoms with Crippen LogP contribution < -0.4 is 4.90 Å². The van der Waals surface area contributed by atoms with E-state index in [2.05, 4.69) is 33.0 Å². The maximum absolute atomic E-state index is 8.32. The van der Waals surface area contributed by atoms with E-state index in [0.29, 0.717) is 6.04 Å². The second-order valence-electron chi connectivity index (χ2n) is 7.49. The summed E-state index contributed by atoms with van der Waals surface area (Å²) in [7, 11) is 2.07. The second-order valence-corrected chi connectivity index (χ2v) is 9.14. The Morgan fingerprint density at radius 2 is 1.79 bits per heavy atom. The first-order chi connectivity index (χ1) is 11.7. The van der Waals surface area contributed by atoms with Crippen molar-refractivity contribution >= 4 is 27.5 Å². The molecule has 0 amide bonds. The van der Waals surface area contributed by atoms with Gasteiger partial charge in [-0.1, -0.05) is 0 Å². The molecule has 2 aliphatic rings. The number of rotatable bonds is 6. The Morgan fingerprint density at radius 3 is 2.46 bits per heavy atom. The number of H-pyrrole nitrogens is 1. The van der Waals surface area contributed by atoms with Crippen molar-refractivity contribution < 1.29 is 0 Å². The number of anilines is 1. The Hall–Kier alpha value is -1.43. The molecular formula is C18H27N5S.